The third-order valence-corrected chi connectivity index (χ3v) is 1.74. The normalized spacial score (nSPS) is 14.5. The smallest absolute Gasteiger partial charge is 0.162 e. The number of allylic oxidation sites excluding steroid dienone is 5. The Morgan fingerprint density at radius 3 is 2.00 bits per heavy atom. The molecule has 0 saturated carbocycles. The Labute approximate surface area is 78.7 Å². The summed E-state index contributed by atoms with van der Waals surface area (Å²) in [5.41, 5.74) is 0.931. The van der Waals surface area contributed by atoms with E-state index in [-0.39, 0.29) is 5.92 Å². The van der Waals surface area contributed by atoms with Crippen LogP contribution in [-0.2, 0) is 0 Å². The summed E-state index contributed by atoms with van der Waals surface area (Å²) in [5.74, 6) is -1.65. The molecule has 0 aliphatic heterocycles. The van der Waals surface area contributed by atoms with Crippen LogP contribution in [0.2, 0.25) is 0 Å². The molecule has 0 rings (SSSR count). The predicted octanol–water partition coefficient (Wildman–Crippen LogP) is 4.32. The first-order valence-electron chi connectivity index (χ1n) is 4.29. The number of rotatable bonds is 3. The van der Waals surface area contributed by atoms with Crippen molar-refractivity contribution in [1.82, 2.24) is 0 Å². The molecule has 0 aliphatic rings. The van der Waals surface area contributed by atoms with Gasteiger partial charge in [0.2, 0.25) is 0 Å². The van der Waals surface area contributed by atoms with Gasteiger partial charge in [-0.05, 0) is 31.4 Å². The Hall–Kier alpha value is -0.920. The minimum absolute atomic E-state index is 0.0526. The molecule has 0 bridgehead atoms. The van der Waals surface area contributed by atoms with Gasteiger partial charge in [-0.3, -0.25) is 0 Å². The summed E-state index contributed by atoms with van der Waals surface area (Å²) < 4.78 is 26.2. The Bertz CT molecular complexity index is 257. The van der Waals surface area contributed by atoms with Crippen molar-refractivity contribution in [3.8, 4) is 0 Å². The zero-order valence-corrected chi connectivity index (χ0v) is 8.62. The zero-order chi connectivity index (χ0) is 10.6. The van der Waals surface area contributed by atoms with Crippen LogP contribution in [0.4, 0.5) is 8.78 Å². The maximum atomic E-state index is 13.3. The first-order valence-corrected chi connectivity index (χ1v) is 4.29. The second kappa shape index (κ2) is 4.95. The quantitative estimate of drug-likeness (QED) is 0.576. The summed E-state index contributed by atoms with van der Waals surface area (Å²) >= 11 is 0. The molecular formula is C11H16F2. The summed E-state index contributed by atoms with van der Waals surface area (Å²) in [7, 11) is 0. The first kappa shape index (κ1) is 12.1. The van der Waals surface area contributed by atoms with E-state index in [4.69, 9.17) is 0 Å². The van der Waals surface area contributed by atoms with Crippen LogP contribution < -0.4 is 0 Å². The van der Waals surface area contributed by atoms with Crippen molar-refractivity contribution < 1.29 is 8.78 Å². The SMILES string of the molecule is C=C(C)C(=C(F)C(F)=CC)C(C)C. The molecule has 0 aromatic carbocycles. The van der Waals surface area contributed by atoms with Crippen molar-refractivity contribution in [2.24, 2.45) is 5.92 Å². The molecule has 2 heteroatoms. The summed E-state index contributed by atoms with van der Waals surface area (Å²) in [4.78, 5) is 0. The molecule has 0 radical (unpaired) electrons. The first-order chi connectivity index (χ1) is 5.91. The highest BCUT2D eigenvalue weighted by Crippen LogP contribution is 2.27. The zero-order valence-electron chi connectivity index (χ0n) is 8.62. The second-order valence-corrected chi connectivity index (χ2v) is 3.30. The Morgan fingerprint density at radius 2 is 1.77 bits per heavy atom. The minimum Gasteiger partial charge on any atom is -0.204 e. The van der Waals surface area contributed by atoms with Gasteiger partial charge >= 0.3 is 0 Å². The molecular weight excluding hydrogens is 170 g/mol. The molecule has 0 amide bonds. The van der Waals surface area contributed by atoms with Gasteiger partial charge in [0.05, 0.1) is 0 Å². The van der Waals surface area contributed by atoms with Crippen LogP contribution >= 0.6 is 0 Å². The van der Waals surface area contributed by atoms with E-state index in [1.54, 1.807) is 6.92 Å². The molecule has 0 aromatic heterocycles. The summed E-state index contributed by atoms with van der Waals surface area (Å²) in [6.07, 6.45) is 1.11. The standard InChI is InChI=1S/C11H16F2/c1-6-9(12)11(13)10(7(2)3)8(4)5/h6,8H,2H2,1,3-5H3. The largest absolute Gasteiger partial charge is 0.204 e. The van der Waals surface area contributed by atoms with E-state index < -0.39 is 11.7 Å². The maximum absolute atomic E-state index is 13.3. The van der Waals surface area contributed by atoms with Crippen molar-refractivity contribution in [3.63, 3.8) is 0 Å². The van der Waals surface area contributed by atoms with Crippen LogP contribution in [0.3, 0.4) is 0 Å². The van der Waals surface area contributed by atoms with E-state index in [9.17, 15) is 8.78 Å². The van der Waals surface area contributed by atoms with Gasteiger partial charge < -0.3 is 0 Å². The molecule has 0 atom stereocenters. The van der Waals surface area contributed by atoms with Gasteiger partial charge in [0.25, 0.3) is 0 Å². The van der Waals surface area contributed by atoms with E-state index in [1.807, 2.05) is 13.8 Å². The van der Waals surface area contributed by atoms with Gasteiger partial charge in [0, 0.05) is 0 Å². The van der Waals surface area contributed by atoms with E-state index >= 15 is 0 Å². The molecule has 0 unspecified atom stereocenters. The molecule has 0 spiro atoms. The monoisotopic (exact) mass is 186 g/mol. The third-order valence-electron chi connectivity index (χ3n) is 1.74. The topological polar surface area (TPSA) is 0 Å². The fraction of sp³-hybridized carbons (Fsp3) is 0.455. The Morgan fingerprint density at radius 1 is 1.31 bits per heavy atom. The van der Waals surface area contributed by atoms with Crippen LogP contribution in [0.1, 0.15) is 27.7 Å². The van der Waals surface area contributed by atoms with Crippen LogP contribution in [0.15, 0.2) is 35.5 Å². The minimum atomic E-state index is -0.813. The van der Waals surface area contributed by atoms with Crippen LogP contribution in [0, 0.1) is 5.92 Å². The van der Waals surface area contributed by atoms with Crippen molar-refractivity contribution >= 4 is 0 Å². The predicted molar refractivity (Wildman–Crippen MR) is 52.7 cm³/mol. The fourth-order valence-electron chi connectivity index (χ4n) is 1.19. The average molecular weight is 186 g/mol. The fourth-order valence-corrected chi connectivity index (χ4v) is 1.19. The highest BCUT2D eigenvalue weighted by Gasteiger charge is 2.14. The molecule has 13 heavy (non-hydrogen) atoms. The summed E-state index contributed by atoms with van der Waals surface area (Å²) in [5, 5.41) is 0. The van der Waals surface area contributed by atoms with Gasteiger partial charge in [-0.25, -0.2) is 8.78 Å². The lowest BCUT2D eigenvalue weighted by Gasteiger charge is -2.11. The molecule has 0 heterocycles. The lowest BCUT2D eigenvalue weighted by atomic mass is 9.96. The Balaban J connectivity index is 5.22. The van der Waals surface area contributed by atoms with Crippen LogP contribution in [0.5, 0.6) is 0 Å². The van der Waals surface area contributed by atoms with Crippen LogP contribution in [-0.4, -0.2) is 0 Å². The highest BCUT2D eigenvalue weighted by molar-refractivity contribution is 5.37. The Kier molecular flexibility index (Phi) is 4.60. The van der Waals surface area contributed by atoms with Crippen LogP contribution in [0.25, 0.3) is 0 Å². The van der Waals surface area contributed by atoms with Gasteiger partial charge in [-0.2, -0.15) is 0 Å². The average Bonchev–Trinajstić information content (AvgIpc) is 2.01. The molecule has 0 N–H and O–H groups in total. The number of halogens is 2. The van der Waals surface area contributed by atoms with E-state index in [0.717, 1.165) is 6.08 Å². The van der Waals surface area contributed by atoms with Crippen molar-refractivity contribution in [1.29, 1.82) is 0 Å². The van der Waals surface area contributed by atoms with Gasteiger partial charge in [0.15, 0.2) is 11.7 Å². The van der Waals surface area contributed by atoms with Gasteiger partial charge in [-0.15, -0.1) is 0 Å². The lowest BCUT2D eigenvalue weighted by molar-refractivity contribution is 0.524. The van der Waals surface area contributed by atoms with Gasteiger partial charge in [0.1, 0.15) is 0 Å². The maximum Gasteiger partial charge on any atom is 0.162 e. The molecule has 0 fully saturated rings. The molecule has 0 aromatic rings. The van der Waals surface area contributed by atoms with E-state index in [2.05, 4.69) is 6.58 Å². The van der Waals surface area contributed by atoms with Crippen molar-refractivity contribution in [3.05, 3.63) is 35.5 Å². The summed E-state index contributed by atoms with van der Waals surface area (Å²) in [6, 6.07) is 0. The number of hydrogen-bond acceptors (Lipinski definition) is 0. The number of hydrogen-bond donors (Lipinski definition) is 0. The second-order valence-electron chi connectivity index (χ2n) is 3.30. The van der Waals surface area contributed by atoms with Gasteiger partial charge in [-0.1, -0.05) is 26.0 Å². The van der Waals surface area contributed by atoms with E-state index in [1.165, 1.54) is 6.92 Å². The third kappa shape index (κ3) is 3.13. The highest BCUT2D eigenvalue weighted by atomic mass is 19.2. The lowest BCUT2D eigenvalue weighted by Crippen LogP contribution is -1.98. The summed E-state index contributed by atoms with van der Waals surface area (Å²) in [6.45, 7) is 10.4. The van der Waals surface area contributed by atoms with Crippen molar-refractivity contribution in [2.45, 2.75) is 27.7 Å². The molecule has 74 valence electrons. The van der Waals surface area contributed by atoms with Crippen molar-refractivity contribution in [2.75, 3.05) is 0 Å². The molecule has 0 aliphatic carbocycles. The van der Waals surface area contributed by atoms with E-state index in [0.29, 0.717) is 11.1 Å². The molecule has 0 saturated heterocycles. The molecule has 0 nitrogen and oxygen atoms in total.